The van der Waals surface area contributed by atoms with Crippen LogP contribution in [0.4, 0.5) is 35.1 Å². The number of rotatable bonds is 13. The Morgan fingerprint density at radius 3 is 1.98 bits per heavy atom. The molecular formula is C37H34F8O3. The first kappa shape index (κ1) is 35.3. The highest BCUT2D eigenvalue weighted by Crippen LogP contribution is 2.38. The van der Waals surface area contributed by atoms with Crippen LogP contribution in [0.25, 0.3) is 22.3 Å². The third kappa shape index (κ3) is 8.18. The molecule has 0 atom stereocenters. The molecule has 4 aromatic rings. The van der Waals surface area contributed by atoms with Crippen LogP contribution in [-0.2, 0) is 22.0 Å². The number of alkyl halides is 3. The van der Waals surface area contributed by atoms with E-state index in [0.717, 1.165) is 68.1 Å². The van der Waals surface area contributed by atoms with Crippen molar-refractivity contribution in [2.24, 2.45) is 5.92 Å². The second kappa shape index (κ2) is 15.5. The molecule has 256 valence electrons. The molecule has 1 fully saturated rings. The lowest BCUT2D eigenvalue weighted by Gasteiger charge is -2.30. The van der Waals surface area contributed by atoms with Crippen molar-refractivity contribution in [3.8, 4) is 28.0 Å². The van der Waals surface area contributed by atoms with Crippen molar-refractivity contribution in [3.63, 3.8) is 0 Å². The zero-order valence-corrected chi connectivity index (χ0v) is 26.1. The van der Waals surface area contributed by atoms with E-state index in [9.17, 15) is 17.6 Å². The quantitative estimate of drug-likeness (QED) is 0.104. The molecule has 1 aliphatic heterocycles. The zero-order valence-electron chi connectivity index (χ0n) is 26.1. The summed E-state index contributed by atoms with van der Waals surface area (Å²) >= 11 is 0. The average molecular weight is 679 g/mol. The van der Waals surface area contributed by atoms with E-state index in [-0.39, 0.29) is 52.1 Å². The van der Waals surface area contributed by atoms with Crippen LogP contribution in [0.15, 0.2) is 66.7 Å². The maximum absolute atomic E-state index is 15.1. The maximum Gasteiger partial charge on any atom is 0.429 e. The molecule has 0 aromatic heterocycles. The molecule has 3 nitrogen and oxygen atoms in total. The summed E-state index contributed by atoms with van der Waals surface area (Å²) in [5, 5.41) is 0. The minimum Gasteiger partial charge on any atom is -0.429 e. The zero-order chi connectivity index (χ0) is 34.4. The van der Waals surface area contributed by atoms with E-state index in [4.69, 9.17) is 14.2 Å². The van der Waals surface area contributed by atoms with Gasteiger partial charge in [0.15, 0.2) is 6.29 Å². The van der Waals surface area contributed by atoms with Gasteiger partial charge in [0.25, 0.3) is 0 Å². The van der Waals surface area contributed by atoms with Gasteiger partial charge in [-0.3, -0.25) is 4.39 Å². The Kier molecular flexibility index (Phi) is 11.4. The Bertz CT molecular complexity index is 1700. The molecule has 0 amide bonds. The molecule has 0 aliphatic carbocycles. The van der Waals surface area contributed by atoms with Crippen molar-refractivity contribution < 1.29 is 49.3 Å². The molecule has 1 heterocycles. The summed E-state index contributed by atoms with van der Waals surface area (Å²) in [5.74, 6) is -5.54. The molecule has 0 N–H and O–H groups in total. The molecule has 0 spiro atoms. The number of unbranched alkanes of at least 4 members (excludes halogenated alkanes) is 2. The molecule has 0 bridgehead atoms. The normalized spacial score (nSPS) is 16.7. The lowest BCUT2D eigenvalue weighted by atomic mass is 9.97. The second-order valence-corrected chi connectivity index (χ2v) is 11.8. The Morgan fingerprint density at radius 2 is 1.35 bits per heavy atom. The monoisotopic (exact) mass is 678 g/mol. The molecule has 4 aromatic carbocycles. The summed E-state index contributed by atoms with van der Waals surface area (Å²) in [6.07, 6.45) is -1.14. The van der Waals surface area contributed by atoms with E-state index < -0.39 is 59.5 Å². The van der Waals surface area contributed by atoms with Crippen LogP contribution in [0.3, 0.4) is 0 Å². The highest BCUT2D eigenvalue weighted by molar-refractivity contribution is 5.72. The van der Waals surface area contributed by atoms with Gasteiger partial charge in [-0.05, 0) is 72.9 Å². The molecule has 1 saturated heterocycles. The van der Waals surface area contributed by atoms with E-state index in [1.54, 1.807) is 0 Å². The Balaban J connectivity index is 1.27. The third-order valence-electron chi connectivity index (χ3n) is 8.24. The van der Waals surface area contributed by atoms with Gasteiger partial charge >= 0.3 is 6.11 Å². The van der Waals surface area contributed by atoms with Crippen LogP contribution in [0, 0.1) is 35.0 Å². The number of ether oxygens (including phenoxy) is 3. The van der Waals surface area contributed by atoms with Crippen LogP contribution in [0.1, 0.15) is 62.0 Å². The largest absolute Gasteiger partial charge is 0.429 e. The minimum absolute atomic E-state index is 0.00799. The van der Waals surface area contributed by atoms with E-state index in [1.165, 1.54) is 18.2 Å². The Morgan fingerprint density at radius 1 is 0.708 bits per heavy atom. The van der Waals surface area contributed by atoms with E-state index in [0.29, 0.717) is 19.3 Å². The van der Waals surface area contributed by atoms with Gasteiger partial charge in [-0.1, -0.05) is 44.4 Å². The van der Waals surface area contributed by atoms with Crippen LogP contribution in [0.5, 0.6) is 5.75 Å². The van der Waals surface area contributed by atoms with Crippen molar-refractivity contribution in [2.75, 3.05) is 19.9 Å². The van der Waals surface area contributed by atoms with Gasteiger partial charge in [-0.25, -0.2) is 22.0 Å². The molecule has 0 unspecified atom stereocenters. The van der Waals surface area contributed by atoms with E-state index in [2.05, 4.69) is 6.92 Å². The lowest BCUT2D eigenvalue weighted by molar-refractivity contribution is -0.206. The Labute approximate surface area is 273 Å². The summed E-state index contributed by atoms with van der Waals surface area (Å²) in [7, 11) is 0. The maximum atomic E-state index is 15.1. The topological polar surface area (TPSA) is 27.7 Å². The van der Waals surface area contributed by atoms with Gasteiger partial charge in [0.2, 0.25) is 0 Å². The molecule has 1 aliphatic rings. The predicted octanol–water partition coefficient (Wildman–Crippen LogP) is 11.0. The number of halogens is 8. The fraction of sp³-hybridized carbons (Fsp3) is 0.351. The van der Waals surface area contributed by atoms with Crippen LogP contribution < -0.4 is 4.74 Å². The Hall–Kier alpha value is -3.96. The van der Waals surface area contributed by atoms with E-state index in [1.807, 2.05) is 0 Å². The molecule has 11 heteroatoms. The van der Waals surface area contributed by atoms with Gasteiger partial charge in [-0.2, -0.15) is 8.78 Å². The first-order valence-corrected chi connectivity index (χ1v) is 15.7. The van der Waals surface area contributed by atoms with Gasteiger partial charge in [0.1, 0.15) is 34.8 Å². The predicted molar refractivity (Wildman–Crippen MR) is 165 cm³/mol. The summed E-state index contributed by atoms with van der Waals surface area (Å²) in [6.45, 7) is 2.18. The van der Waals surface area contributed by atoms with Crippen LogP contribution in [-0.4, -0.2) is 19.9 Å². The van der Waals surface area contributed by atoms with Gasteiger partial charge in [0.05, 0.1) is 25.5 Å². The lowest BCUT2D eigenvalue weighted by Crippen LogP contribution is -2.27. The second-order valence-electron chi connectivity index (χ2n) is 11.8. The fourth-order valence-corrected chi connectivity index (χ4v) is 5.65. The van der Waals surface area contributed by atoms with Gasteiger partial charge in [0, 0.05) is 34.2 Å². The van der Waals surface area contributed by atoms with Crippen molar-refractivity contribution in [1.29, 1.82) is 0 Å². The van der Waals surface area contributed by atoms with Crippen molar-refractivity contribution >= 4 is 0 Å². The summed E-state index contributed by atoms with van der Waals surface area (Å²) in [5.41, 5.74) is -1.61. The van der Waals surface area contributed by atoms with Crippen molar-refractivity contribution in [3.05, 3.63) is 113 Å². The summed E-state index contributed by atoms with van der Waals surface area (Å²) < 4.78 is 133. The fourth-order valence-electron chi connectivity index (χ4n) is 5.65. The molecule has 48 heavy (non-hydrogen) atoms. The summed E-state index contributed by atoms with van der Waals surface area (Å²) in [4.78, 5) is 0. The smallest absolute Gasteiger partial charge is 0.429 e. The van der Waals surface area contributed by atoms with Crippen molar-refractivity contribution in [2.45, 2.75) is 57.8 Å². The minimum atomic E-state index is -4.19. The SMILES string of the molecule is CCCCCC1COC(c2ccc(C(F)(F)Oc3ccc(-c4ccc(-c5cc(F)c(CCCF)c(F)c5)c(F)c4)c(F)c3)c(F)c2)OC1. The molecule has 0 radical (unpaired) electrons. The molecule has 0 saturated carbocycles. The highest BCUT2D eigenvalue weighted by atomic mass is 19.3. The van der Waals surface area contributed by atoms with E-state index >= 15 is 17.6 Å². The first-order chi connectivity index (χ1) is 23.0. The van der Waals surface area contributed by atoms with Crippen LogP contribution >= 0.6 is 0 Å². The van der Waals surface area contributed by atoms with Gasteiger partial charge < -0.3 is 14.2 Å². The number of hydrogen-bond donors (Lipinski definition) is 0. The van der Waals surface area contributed by atoms with Gasteiger partial charge in [-0.15, -0.1) is 0 Å². The summed E-state index contributed by atoms with van der Waals surface area (Å²) in [6, 6.07) is 11.0. The van der Waals surface area contributed by atoms with Crippen molar-refractivity contribution in [1.82, 2.24) is 0 Å². The average Bonchev–Trinajstić information content (AvgIpc) is 3.04. The number of hydrogen-bond acceptors (Lipinski definition) is 3. The van der Waals surface area contributed by atoms with Crippen LogP contribution in [0.2, 0.25) is 0 Å². The number of benzene rings is 4. The standard InChI is InChI=1S/C37H34F8O3/c1-2-3-4-6-22-20-46-36(47-21-22)24-9-13-30(35(43)16-24)37(44,45)48-26-10-12-27(34(42)19-26)23-8-11-28(31(39)15-23)25-17-32(40)29(7-5-14-38)33(41)18-25/h8-13,15-19,22,36H,2-7,14,20-21H2,1H3. The highest BCUT2D eigenvalue weighted by Gasteiger charge is 2.38. The third-order valence-corrected chi connectivity index (χ3v) is 8.24. The first-order valence-electron chi connectivity index (χ1n) is 15.7. The molecule has 5 rings (SSSR count). The molecular weight excluding hydrogens is 644 g/mol.